The molecule has 2 aliphatic carbocycles. The van der Waals surface area contributed by atoms with E-state index in [1.807, 2.05) is 0 Å². The summed E-state index contributed by atoms with van der Waals surface area (Å²) in [6.07, 6.45) is 8.65. The van der Waals surface area contributed by atoms with E-state index in [2.05, 4.69) is 9.82 Å². The molecule has 3 N–H and O–H groups in total. The lowest BCUT2D eigenvalue weighted by Crippen LogP contribution is -2.38. The fourth-order valence-corrected chi connectivity index (χ4v) is 5.03. The van der Waals surface area contributed by atoms with Gasteiger partial charge in [0.1, 0.15) is 4.90 Å². The van der Waals surface area contributed by atoms with Gasteiger partial charge in [-0.15, -0.1) is 0 Å². The minimum absolute atomic E-state index is 0.0299. The van der Waals surface area contributed by atoms with Crippen LogP contribution >= 0.6 is 0 Å². The third-order valence-electron chi connectivity index (χ3n) is 5.11. The first-order valence-electron chi connectivity index (χ1n) is 8.25. The maximum absolute atomic E-state index is 12.7. The van der Waals surface area contributed by atoms with Crippen LogP contribution in [0, 0.1) is 5.92 Å². The molecule has 0 aliphatic heterocycles. The molecule has 3 rings (SSSR count). The standard InChI is InChI=1S/C15H26N4O2S/c1-19-10-14(15(17-19)12-3-2-4-12)22(20,21)18-13-7-5-11(9-16)6-8-13/h10-13,18H,2-9,16H2,1H3. The molecule has 6 nitrogen and oxygen atoms in total. The fourth-order valence-electron chi connectivity index (χ4n) is 3.45. The zero-order valence-corrected chi connectivity index (χ0v) is 14.0. The van der Waals surface area contributed by atoms with E-state index in [4.69, 9.17) is 5.73 Å². The first-order chi connectivity index (χ1) is 10.5. The highest BCUT2D eigenvalue weighted by molar-refractivity contribution is 7.89. The van der Waals surface area contributed by atoms with E-state index in [-0.39, 0.29) is 6.04 Å². The van der Waals surface area contributed by atoms with E-state index >= 15 is 0 Å². The molecule has 0 atom stereocenters. The summed E-state index contributed by atoms with van der Waals surface area (Å²) in [5.41, 5.74) is 6.44. The van der Waals surface area contributed by atoms with Crippen LogP contribution < -0.4 is 10.5 Å². The maximum atomic E-state index is 12.7. The summed E-state index contributed by atoms with van der Waals surface area (Å²) in [7, 11) is -1.69. The summed E-state index contributed by atoms with van der Waals surface area (Å²) in [4.78, 5) is 0.376. The van der Waals surface area contributed by atoms with Crippen LogP contribution in [0.25, 0.3) is 0 Å². The van der Waals surface area contributed by atoms with Gasteiger partial charge in [0.15, 0.2) is 0 Å². The van der Waals surface area contributed by atoms with Crippen molar-refractivity contribution in [1.29, 1.82) is 0 Å². The Hall–Kier alpha value is -0.920. The van der Waals surface area contributed by atoms with Crippen molar-refractivity contribution in [3.63, 3.8) is 0 Å². The topological polar surface area (TPSA) is 90.0 Å². The SMILES string of the molecule is Cn1cc(S(=O)(=O)NC2CCC(CN)CC2)c(C2CCC2)n1. The van der Waals surface area contributed by atoms with Crippen molar-refractivity contribution in [3.8, 4) is 0 Å². The van der Waals surface area contributed by atoms with Gasteiger partial charge in [-0.25, -0.2) is 13.1 Å². The van der Waals surface area contributed by atoms with E-state index in [1.165, 1.54) is 0 Å². The maximum Gasteiger partial charge on any atom is 0.244 e. The normalized spacial score (nSPS) is 26.8. The van der Waals surface area contributed by atoms with Crippen LogP contribution in [0.3, 0.4) is 0 Å². The minimum atomic E-state index is -3.48. The molecule has 7 heteroatoms. The predicted molar refractivity (Wildman–Crippen MR) is 84.9 cm³/mol. The van der Waals surface area contributed by atoms with Crippen molar-refractivity contribution >= 4 is 10.0 Å². The summed E-state index contributed by atoms with van der Waals surface area (Å²) in [6, 6.07) is 0.0299. The van der Waals surface area contributed by atoms with Gasteiger partial charge in [0, 0.05) is 25.2 Å². The van der Waals surface area contributed by atoms with E-state index in [1.54, 1.807) is 17.9 Å². The van der Waals surface area contributed by atoms with Gasteiger partial charge in [0.25, 0.3) is 0 Å². The van der Waals surface area contributed by atoms with Crippen LogP contribution in [-0.2, 0) is 17.1 Å². The Morgan fingerprint density at radius 3 is 2.50 bits per heavy atom. The Balaban J connectivity index is 1.73. The number of aryl methyl sites for hydroxylation is 1. The minimum Gasteiger partial charge on any atom is -0.330 e. The number of hydrogen-bond donors (Lipinski definition) is 2. The van der Waals surface area contributed by atoms with Crippen LogP contribution in [0.2, 0.25) is 0 Å². The molecule has 0 radical (unpaired) electrons. The second kappa shape index (κ2) is 6.29. The van der Waals surface area contributed by atoms with Crippen molar-refractivity contribution in [2.45, 2.75) is 61.8 Å². The molecule has 0 saturated heterocycles. The van der Waals surface area contributed by atoms with E-state index < -0.39 is 10.0 Å². The summed E-state index contributed by atoms with van der Waals surface area (Å²) >= 11 is 0. The van der Waals surface area contributed by atoms with Gasteiger partial charge in [-0.05, 0) is 51.0 Å². The molecule has 0 aromatic carbocycles. The predicted octanol–water partition coefficient (Wildman–Crippen LogP) is 1.48. The zero-order chi connectivity index (χ0) is 15.7. The second-order valence-electron chi connectivity index (χ2n) is 6.75. The number of hydrogen-bond acceptors (Lipinski definition) is 4. The van der Waals surface area contributed by atoms with E-state index in [9.17, 15) is 8.42 Å². The number of nitrogens with one attached hydrogen (secondary N) is 1. The van der Waals surface area contributed by atoms with Gasteiger partial charge in [-0.1, -0.05) is 6.42 Å². The largest absolute Gasteiger partial charge is 0.330 e. The number of rotatable bonds is 5. The van der Waals surface area contributed by atoms with E-state index in [0.29, 0.717) is 23.3 Å². The highest BCUT2D eigenvalue weighted by Gasteiger charge is 2.32. The zero-order valence-electron chi connectivity index (χ0n) is 13.2. The molecular formula is C15H26N4O2S. The molecule has 2 saturated carbocycles. The van der Waals surface area contributed by atoms with Crippen LogP contribution in [0.1, 0.15) is 56.6 Å². The third-order valence-corrected chi connectivity index (χ3v) is 6.64. The summed E-state index contributed by atoms with van der Waals surface area (Å²) in [5.74, 6) is 0.852. The molecule has 1 aromatic heterocycles. The molecule has 0 amide bonds. The van der Waals surface area contributed by atoms with Crippen molar-refractivity contribution in [2.24, 2.45) is 18.7 Å². The Morgan fingerprint density at radius 1 is 1.27 bits per heavy atom. The van der Waals surface area contributed by atoms with Gasteiger partial charge < -0.3 is 5.73 Å². The number of nitrogens with zero attached hydrogens (tertiary/aromatic N) is 2. The highest BCUT2D eigenvalue weighted by atomic mass is 32.2. The van der Waals surface area contributed by atoms with Crippen molar-refractivity contribution in [3.05, 3.63) is 11.9 Å². The van der Waals surface area contributed by atoms with Gasteiger partial charge in [-0.3, -0.25) is 4.68 Å². The second-order valence-corrected chi connectivity index (χ2v) is 8.44. The van der Waals surface area contributed by atoms with Crippen LogP contribution in [0.15, 0.2) is 11.1 Å². The van der Waals surface area contributed by atoms with E-state index in [0.717, 1.165) is 50.6 Å². The molecule has 2 fully saturated rings. The summed E-state index contributed by atoms with van der Waals surface area (Å²) in [6.45, 7) is 0.702. The lowest BCUT2D eigenvalue weighted by atomic mass is 9.83. The molecule has 124 valence electrons. The Labute approximate surface area is 132 Å². The first-order valence-corrected chi connectivity index (χ1v) is 9.74. The van der Waals surface area contributed by atoms with Gasteiger partial charge >= 0.3 is 0 Å². The summed E-state index contributed by atoms with van der Waals surface area (Å²) in [5, 5.41) is 4.40. The van der Waals surface area contributed by atoms with Crippen LogP contribution in [0.4, 0.5) is 0 Å². The number of sulfonamides is 1. The first kappa shape index (κ1) is 16.0. The molecular weight excluding hydrogens is 300 g/mol. The average Bonchev–Trinajstić information content (AvgIpc) is 2.80. The van der Waals surface area contributed by atoms with Gasteiger partial charge in [-0.2, -0.15) is 5.10 Å². The molecule has 1 heterocycles. The lowest BCUT2D eigenvalue weighted by Gasteiger charge is -2.28. The van der Waals surface area contributed by atoms with Gasteiger partial charge in [0.05, 0.1) is 5.69 Å². The molecule has 1 aromatic rings. The Kier molecular flexibility index (Phi) is 4.56. The highest BCUT2D eigenvalue weighted by Crippen LogP contribution is 2.38. The smallest absolute Gasteiger partial charge is 0.244 e. The van der Waals surface area contributed by atoms with Crippen molar-refractivity contribution in [2.75, 3.05) is 6.54 Å². The molecule has 0 bridgehead atoms. The molecule has 0 unspecified atom stereocenters. The lowest BCUT2D eigenvalue weighted by molar-refractivity contribution is 0.319. The Bertz CT molecular complexity index is 613. The monoisotopic (exact) mass is 326 g/mol. The fraction of sp³-hybridized carbons (Fsp3) is 0.800. The average molecular weight is 326 g/mol. The Morgan fingerprint density at radius 2 is 1.95 bits per heavy atom. The molecule has 0 spiro atoms. The number of aromatic nitrogens is 2. The van der Waals surface area contributed by atoms with Crippen molar-refractivity contribution in [1.82, 2.24) is 14.5 Å². The molecule has 2 aliphatic rings. The third kappa shape index (κ3) is 3.21. The van der Waals surface area contributed by atoms with Crippen LogP contribution in [-0.4, -0.2) is 30.8 Å². The van der Waals surface area contributed by atoms with Gasteiger partial charge in [0.2, 0.25) is 10.0 Å². The summed E-state index contributed by atoms with van der Waals surface area (Å²) < 4.78 is 30.0. The molecule has 22 heavy (non-hydrogen) atoms. The van der Waals surface area contributed by atoms with Crippen molar-refractivity contribution < 1.29 is 8.42 Å². The van der Waals surface area contributed by atoms with Crippen LogP contribution in [0.5, 0.6) is 0 Å². The quantitative estimate of drug-likeness (QED) is 0.857. The number of nitrogens with two attached hydrogens (primary N) is 1.